The number of nitrogens with two attached hydrogens (primary N) is 1. The molecule has 0 aliphatic carbocycles. The van der Waals surface area contributed by atoms with Crippen LogP contribution in [-0.2, 0) is 0 Å². The zero-order valence-electron chi connectivity index (χ0n) is 12.4. The molecular formula is C17H22N4. The third kappa shape index (κ3) is 2.96. The summed E-state index contributed by atoms with van der Waals surface area (Å²) in [7, 11) is 0. The predicted octanol–water partition coefficient (Wildman–Crippen LogP) is 2.70. The number of likely N-dealkylation sites (tertiary alicyclic amines) is 1. The molecule has 3 atom stereocenters. The van der Waals surface area contributed by atoms with Gasteiger partial charge in [-0.25, -0.2) is 0 Å². The molecule has 4 nitrogen and oxygen atoms in total. The average molecular weight is 282 g/mol. The second kappa shape index (κ2) is 6.33. The Bertz CT molecular complexity index is 556. The summed E-state index contributed by atoms with van der Waals surface area (Å²) in [4.78, 5) is 10.9. The van der Waals surface area contributed by atoms with Crippen molar-refractivity contribution in [1.82, 2.24) is 14.9 Å². The molecule has 3 rings (SSSR count). The molecule has 3 heterocycles. The van der Waals surface area contributed by atoms with Gasteiger partial charge in [-0.1, -0.05) is 6.07 Å². The third-order valence-electron chi connectivity index (χ3n) is 4.27. The maximum absolute atomic E-state index is 6.31. The first-order valence-corrected chi connectivity index (χ1v) is 7.58. The Morgan fingerprint density at radius 1 is 1.19 bits per heavy atom. The highest BCUT2D eigenvalue weighted by Crippen LogP contribution is 2.39. The quantitative estimate of drug-likeness (QED) is 0.936. The predicted molar refractivity (Wildman–Crippen MR) is 83.5 cm³/mol. The lowest BCUT2D eigenvalue weighted by molar-refractivity contribution is 0.160. The summed E-state index contributed by atoms with van der Waals surface area (Å²) in [6, 6.07) is 9.03. The molecule has 21 heavy (non-hydrogen) atoms. The minimum absolute atomic E-state index is 0.0738. The molecule has 0 amide bonds. The van der Waals surface area contributed by atoms with Gasteiger partial charge in [0.25, 0.3) is 0 Å². The van der Waals surface area contributed by atoms with Crippen LogP contribution in [-0.4, -0.2) is 27.5 Å². The molecular weight excluding hydrogens is 260 g/mol. The minimum atomic E-state index is 0.0738. The summed E-state index contributed by atoms with van der Waals surface area (Å²) in [6.07, 6.45) is 9.87. The maximum Gasteiger partial charge on any atom is 0.0503 e. The molecule has 3 unspecified atom stereocenters. The lowest BCUT2D eigenvalue weighted by Gasteiger charge is -2.36. The molecule has 4 heteroatoms. The molecule has 1 aliphatic heterocycles. The Kier molecular flexibility index (Phi) is 4.27. The van der Waals surface area contributed by atoms with Crippen molar-refractivity contribution in [2.45, 2.75) is 37.9 Å². The fourth-order valence-electron chi connectivity index (χ4n) is 3.41. The van der Waals surface area contributed by atoms with Crippen LogP contribution in [0.4, 0.5) is 0 Å². The first-order valence-electron chi connectivity index (χ1n) is 7.58. The van der Waals surface area contributed by atoms with Gasteiger partial charge in [-0.2, -0.15) is 0 Å². The monoisotopic (exact) mass is 282 g/mol. The first-order chi connectivity index (χ1) is 10.3. The van der Waals surface area contributed by atoms with E-state index < -0.39 is 0 Å². The molecule has 0 aromatic carbocycles. The third-order valence-corrected chi connectivity index (χ3v) is 4.27. The molecule has 2 aromatic heterocycles. The van der Waals surface area contributed by atoms with E-state index in [1.54, 1.807) is 0 Å². The van der Waals surface area contributed by atoms with Crippen molar-refractivity contribution in [3.8, 4) is 0 Å². The van der Waals surface area contributed by atoms with Gasteiger partial charge in [0.15, 0.2) is 0 Å². The van der Waals surface area contributed by atoms with Gasteiger partial charge >= 0.3 is 0 Å². The van der Waals surface area contributed by atoms with Crippen molar-refractivity contribution in [2.75, 3.05) is 6.54 Å². The Morgan fingerprint density at radius 2 is 2.00 bits per heavy atom. The average Bonchev–Trinajstić information content (AvgIpc) is 2.98. The Morgan fingerprint density at radius 3 is 2.67 bits per heavy atom. The summed E-state index contributed by atoms with van der Waals surface area (Å²) >= 11 is 0. The van der Waals surface area contributed by atoms with E-state index in [0.717, 1.165) is 6.54 Å². The van der Waals surface area contributed by atoms with E-state index in [9.17, 15) is 0 Å². The van der Waals surface area contributed by atoms with Crippen LogP contribution in [0.25, 0.3) is 0 Å². The van der Waals surface area contributed by atoms with Crippen LogP contribution in [0.15, 0.2) is 49.1 Å². The molecule has 2 N–H and O–H groups in total. The topological polar surface area (TPSA) is 55.0 Å². The molecule has 0 saturated carbocycles. The molecule has 1 fully saturated rings. The summed E-state index contributed by atoms with van der Waals surface area (Å²) < 4.78 is 0. The summed E-state index contributed by atoms with van der Waals surface area (Å²) in [5, 5.41) is 0. The van der Waals surface area contributed by atoms with Gasteiger partial charge in [0.2, 0.25) is 0 Å². The lowest BCUT2D eigenvalue weighted by Crippen LogP contribution is -2.39. The number of nitrogens with zero attached hydrogens (tertiary/aromatic N) is 3. The summed E-state index contributed by atoms with van der Waals surface area (Å²) in [6.45, 7) is 3.16. The van der Waals surface area contributed by atoms with Crippen LogP contribution >= 0.6 is 0 Å². The largest absolute Gasteiger partial charge is 0.326 e. The van der Waals surface area contributed by atoms with Crippen LogP contribution < -0.4 is 5.73 Å². The summed E-state index contributed by atoms with van der Waals surface area (Å²) in [5.74, 6) is 0. The van der Waals surface area contributed by atoms with Crippen LogP contribution in [0.5, 0.6) is 0 Å². The van der Waals surface area contributed by atoms with E-state index in [1.807, 2.05) is 30.9 Å². The van der Waals surface area contributed by atoms with Crippen molar-refractivity contribution >= 4 is 0 Å². The minimum Gasteiger partial charge on any atom is -0.326 e. The number of aromatic nitrogens is 2. The lowest BCUT2D eigenvalue weighted by atomic mass is 9.97. The van der Waals surface area contributed by atoms with Crippen molar-refractivity contribution < 1.29 is 0 Å². The number of pyridine rings is 2. The molecule has 110 valence electrons. The molecule has 0 bridgehead atoms. The SMILES string of the molecule is CC(N)C(c1ccncc1)N1CCCC1c1cccnc1. The van der Waals surface area contributed by atoms with Crippen LogP contribution in [0.1, 0.15) is 43.0 Å². The zero-order valence-corrected chi connectivity index (χ0v) is 12.4. The van der Waals surface area contributed by atoms with Gasteiger partial charge < -0.3 is 5.73 Å². The summed E-state index contributed by atoms with van der Waals surface area (Å²) in [5.41, 5.74) is 8.84. The molecule has 2 aromatic rings. The normalized spacial score (nSPS) is 22.1. The van der Waals surface area contributed by atoms with Crippen molar-refractivity contribution in [3.63, 3.8) is 0 Å². The smallest absolute Gasteiger partial charge is 0.0503 e. The number of hydrogen-bond donors (Lipinski definition) is 1. The zero-order chi connectivity index (χ0) is 14.7. The fraction of sp³-hybridized carbons (Fsp3) is 0.412. The highest BCUT2D eigenvalue weighted by atomic mass is 15.2. The molecule has 0 spiro atoms. The standard InChI is InChI=1S/C17H22N4/c1-13(18)17(14-6-9-19-10-7-14)21-11-3-5-16(21)15-4-2-8-20-12-15/h2,4,6-10,12-13,16-17H,3,5,11,18H2,1H3. The first kappa shape index (κ1) is 14.2. The van der Waals surface area contributed by atoms with Crippen LogP contribution in [0.3, 0.4) is 0 Å². The van der Waals surface area contributed by atoms with E-state index >= 15 is 0 Å². The van der Waals surface area contributed by atoms with Crippen LogP contribution in [0.2, 0.25) is 0 Å². The highest BCUT2D eigenvalue weighted by Gasteiger charge is 2.34. The van der Waals surface area contributed by atoms with Gasteiger partial charge in [0.1, 0.15) is 0 Å². The van der Waals surface area contributed by atoms with Crippen molar-refractivity contribution in [2.24, 2.45) is 5.73 Å². The molecule has 1 saturated heterocycles. The van der Waals surface area contributed by atoms with E-state index in [0.29, 0.717) is 6.04 Å². The van der Waals surface area contributed by atoms with E-state index in [2.05, 4.69) is 40.0 Å². The van der Waals surface area contributed by atoms with Gasteiger partial charge in [-0.15, -0.1) is 0 Å². The number of rotatable bonds is 4. The van der Waals surface area contributed by atoms with E-state index in [1.165, 1.54) is 24.0 Å². The van der Waals surface area contributed by atoms with Crippen molar-refractivity contribution in [3.05, 3.63) is 60.2 Å². The van der Waals surface area contributed by atoms with E-state index in [-0.39, 0.29) is 12.1 Å². The molecule has 0 radical (unpaired) electrons. The van der Waals surface area contributed by atoms with Gasteiger partial charge in [0.05, 0.1) is 6.04 Å². The van der Waals surface area contributed by atoms with Gasteiger partial charge in [-0.05, 0) is 55.6 Å². The van der Waals surface area contributed by atoms with Crippen molar-refractivity contribution in [1.29, 1.82) is 0 Å². The van der Waals surface area contributed by atoms with Crippen LogP contribution in [0, 0.1) is 0 Å². The second-order valence-corrected chi connectivity index (χ2v) is 5.77. The van der Waals surface area contributed by atoms with E-state index in [4.69, 9.17) is 5.73 Å². The second-order valence-electron chi connectivity index (χ2n) is 5.77. The maximum atomic E-state index is 6.31. The fourth-order valence-corrected chi connectivity index (χ4v) is 3.41. The Balaban J connectivity index is 1.92. The van der Waals surface area contributed by atoms with Gasteiger partial charge in [0, 0.05) is 36.9 Å². The Labute approximate surface area is 126 Å². The number of hydrogen-bond acceptors (Lipinski definition) is 4. The Hall–Kier alpha value is -1.78. The van der Waals surface area contributed by atoms with Gasteiger partial charge in [-0.3, -0.25) is 14.9 Å². The molecule has 1 aliphatic rings. The highest BCUT2D eigenvalue weighted by molar-refractivity contribution is 5.21.